The molecule has 3 nitrogen and oxygen atoms in total. The van der Waals surface area contributed by atoms with E-state index in [2.05, 4.69) is 10.3 Å². The van der Waals surface area contributed by atoms with Crippen LogP contribution in [0, 0.1) is 0 Å². The van der Waals surface area contributed by atoms with Crippen molar-refractivity contribution in [1.82, 2.24) is 4.98 Å². The summed E-state index contributed by atoms with van der Waals surface area (Å²) in [5.74, 6) is 0.382. The minimum atomic E-state index is -4.37. The number of nitrogens with one attached hydrogen (secondary N) is 1. The second-order valence-corrected chi connectivity index (χ2v) is 4.47. The highest BCUT2D eigenvalue weighted by Crippen LogP contribution is 2.29. The Labute approximate surface area is 114 Å². The molecule has 20 heavy (non-hydrogen) atoms. The van der Waals surface area contributed by atoms with Crippen molar-refractivity contribution in [1.29, 1.82) is 0 Å². The van der Waals surface area contributed by atoms with Gasteiger partial charge in [-0.05, 0) is 36.8 Å². The van der Waals surface area contributed by atoms with Crippen LogP contribution < -0.4 is 11.1 Å². The number of nitrogens with zero attached hydrogens (tertiary/aromatic N) is 1. The van der Waals surface area contributed by atoms with Crippen LogP contribution in [0.4, 0.5) is 24.7 Å². The zero-order valence-corrected chi connectivity index (χ0v) is 10.8. The molecular formula is C14H14F3N3. The fourth-order valence-corrected chi connectivity index (χ4v) is 1.78. The number of nitrogens with two attached hydrogens (primary N) is 1. The van der Waals surface area contributed by atoms with Gasteiger partial charge in [-0.1, -0.05) is 12.1 Å². The fourth-order valence-electron chi connectivity index (χ4n) is 1.78. The molecule has 0 saturated carbocycles. The SMILES string of the molecule is CC(Nc1ccc(C(F)(F)F)cn1)c1cccc(N)c1. The molecule has 1 aromatic heterocycles. The molecule has 0 saturated heterocycles. The van der Waals surface area contributed by atoms with Crippen LogP contribution in [0.2, 0.25) is 0 Å². The fraction of sp³-hybridized carbons (Fsp3) is 0.214. The van der Waals surface area contributed by atoms with E-state index in [0.717, 1.165) is 17.8 Å². The van der Waals surface area contributed by atoms with Gasteiger partial charge in [0, 0.05) is 11.9 Å². The maximum atomic E-state index is 12.4. The zero-order chi connectivity index (χ0) is 14.8. The quantitative estimate of drug-likeness (QED) is 0.840. The molecule has 1 aromatic carbocycles. The third kappa shape index (κ3) is 3.40. The number of hydrogen-bond acceptors (Lipinski definition) is 3. The second-order valence-electron chi connectivity index (χ2n) is 4.47. The molecule has 0 aliphatic rings. The van der Waals surface area contributed by atoms with Gasteiger partial charge in [-0.3, -0.25) is 0 Å². The van der Waals surface area contributed by atoms with Crippen molar-refractivity contribution < 1.29 is 13.2 Å². The lowest BCUT2D eigenvalue weighted by Crippen LogP contribution is -2.10. The number of aromatic nitrogens is 1. The van der Waals surface area contributed by atoms with Crippen molar-refractivity contribution in [3.8, 4) is 0 Å². The van der Waals surface area contributed by atoms with E-state index in [1.807, 2.05) is 25.1 Å². The Morgan fingerprint density at radius 3 is 2.50 bits per heavy atom. The number of alkyl halides is 3. The molecule has 6 heteroatoms. The summed E-state index contributed by atoms with van der Waals surface area (Å²) in [6.07, 6.45) is -3.56. The molecule has 0 aliphatic carbocycles. The van der Waals surface area contributed by atoms with Crippen LogP contribution in [0.3, 0.4) is 0 Å². The lowest BCUT2D eigenvalue weighted by molar-refractivity contribution is -0.137. The summed E-state index contributed by atoms with van der Waals surface area (Å²) in [6, 6.07) is 9.49. The lowest BCUT2D eigenvalue weighted by Gasteiger charge is -2.16. The minimum Gasteiger partial charge on any atom is -0.399 e. The third-order valence-corrected chi connectivity index (χ3v) is 2.87. The molecule has 2 rings (SSSR count). The molecule has 0 spiro atoms. The first-order valence-electron chi connectivity index (χ1n) is 6.01. The van der Waals surface area contributed by atoms with E-state index in [4.69, 9.17) is 5.73 Å². The molecule has 0 amide bonds. The number of hydrogen-bond donors (Lipinski definition) is 2. The summed E-state index contributed by atoms with van der Waals surface area (Å²) < 4.78 is 37.3. The van der Waals surface area contributed by atoms with Crippen LogP contribution in [0.1, 0.15) is 24.1 Å². The highest BCUT2D eigenvalue weighted by molar-refractivity contribution is 5.45. The Balaban J connectivity index is 2.10. The molecule has 1 unspecified atom stereocenters. The number of nitrogen functional groups attached to an aromatic ring is 1. The Morgan fingerprint density at radius 1 is 1.20 bits per heavy atom. The first kappa shape index (κ1) is 14.2. The largest absolute Gasteiger partial charge is 0.417 e. The first-order chi connectivity index (χ1) is 9.36. The van der Waals surface area contributed by atoms with Crippen LogP contribution in [0.25, 0.3) is 0 Å². The van der Waals surface area contributed by atoms with E-state index in [0.29, 0.717) is 11.5 Å². The maximum Gasteiger partial charge on any atom is 0.417 e. The van der Waals surface area contributed by atoms with Gasteiger partial charge < -0.3 is 11.1 Å². The monoisotopic (exact) mass is 281 g/mol. The predicted molar refractivity (Wildman–Crippen MR) is 72.1 cm³/mol. The van der Waals surface area contributed by atoms with Gasteiger partial charge in [0.15, 0.2) is 0 Å². The molecule has 0 radical (unpaired) electrons. The van der Waals surface area contributed by atoms with Crippen molar-refractivity contribution in [3.05, 3.63) is 53.7 Å². The smallest absolute Gasteiger partial charge is 0.399 e. The third-order valence-electron chi connectivity index (χ3n) is 2.87. The summed E-state index contributed by atoms with van der Waals surface area (Å²) in [7, 11) is 0. The average Bonchev–Trinajstić information content (AvgIpc) is 2.38. The van der Waals surface area contributed by atoms with Gasteiger partial charge in [-0.25, -0.2) is 4.98 Å². The molecule has 0 bridgehead atoms. The lowest BCUT2D eigenvalue weighted by atomic mass is 10.1. The predicted octanol–water partition coefficient (Wildman–Crippen LogP) is 3.86. The summed E-state index contributed by atoms with van der Waals surface area (Å²) in [5.41, 5.74) is 6.50. The van der Waals surface area contributed by atoms with Crippen LogP contribution in [0.5, 0.6) is 0 Å². The number of rotatable bonds is 3. The topological polar surface area (TPSA) is 50.9 Å². The Hall–Kier alpha value is -2.24. The number of anilines is 2. The number of benzene rings is 1. The van der Waals surface area contributed by atoms with E-state index in [-0.39, 0.29) is 6.04 Å². The van der Waals surface area contributed by atoms with E-state index in [1.165, 1.54) is 6.07 Å². The van der Waals surface area contributed by atoms with E-state index in [9.17, 15) is 13.2 Å². The molecule has 106 valence electrons. The van der Waals surface area contributed by atoms with Gasteiger partial charge in [0.1, 0.15) is 5.82 Å². The molecule has 1 heterocycles. The van der Waals surface area contributed by atoms with E-state index >= 15 is 0 Å². The van der Waals surface area contributed by atoms with Gasteiger partial charge in [0.2, 0.25) is 0 Å². The summed E-state index contributed by atoms with van der Waals surface area (Å²) in [4.78, 5) is 3.77. The summed E-state index contributed by atoms with van der Waals surface area (Å²) >= 11 is 0. The highest BCUT2D eigenvalue weighted by Gasteiger charge is 2.30. The van der Waals surface area contributed by atoms with Gasteiger partial charge in [0.25, 0.3) is 0 Å². The van der Waals surface area contributed by atoms with E-state index < -0.39 is 11.7 Å². The van der Waals surface area contributed by atoms with E-state index in [1.54, 1.807) is 6.07 Å². The van der Waals surface area contributed by atoms with Crippen molar-refractivity contribution in [2.75, 3.05) is 11.1 Å². The molecule has 1 atom stereocenters. The molecule has 2 aromatic rings. The molecule has 0 fully saturated rings. The average molecular weight is 281 g/mol. The van der Waals surface area contributed by atoms with Gasteiger partial charge in [-0.2, -0.15) is 13.2 Å². The zero-order valence-electron chi connectivity index (χ0n) is 10.8. The Morgan fingerprint density at radius 2 is 1.95 bits per heavy atom. The van der Waals surface area contributed by atoms with Gasteiger partial charge >= 0.3 is 6.18 Å². The van der Waals surface area contributed by atoms with Crippen LogP contribution in [-0.2, 0) is 6.18 Å². The van der Waals surface area contributed by atoms with Gasteiger partial charge in [-0.15, -0.1) is 0 Å². The minimum absolute atomic E-state index is 0.109. The van der Waals surface area contributed by atoms with Crippen molar-refractivity contribution in [2.45, 2.75) is 19.1 Å². The summed E-state index contributed by atoms with van der Waals surface area (Å²) in [6.45, 7) is 1.88. The van der Waals surface area contributed by atoms with Gasteiger partial charge in [0.05, 0.1) is 11.6 Å². The molecular weight excluding hydrogens is 267 g/mol. The van der Waals surface area contributed by atoms with Crippen molar-refractivity contribution >= 4 is 11.5 Å². The van der Waals surface area contributed by atoms with Crippen LogP contribution in [0.15, 0.2) is 42.6 Å². The number of pyridine rings is 1. The van der Waals surface area contributed by atoms with Crippen molar-refractivity contribution in [2.24, 2.45) is 0 Å². The molecule has 0 aliphatic heterocycles. The van der Waals surface area contributed by atoms with Crippen molar-refractivity contribution in [3.63, 3.8) is 0 Å². The highest BCUT2D eigenvalue weighted by atomic mass is 19.4. The first-order valence-corrected chi connectivity index (χ1v) is 6.01. The molecule has 3 N–H and O–H groups in total. The Kier molecular flexibility index (Phi) is 3.83. The maximum absolute atomic E-state index is 12.4. The normalized spacial score (nSPS) is 13.0. The summed E-state index contributed by atoms with van der Waals surface area (Å²) in [5, 5.41) is 3.03. The standard InChI is InChI=1S/C14H14F3N3/c1-9(10-3-2-4-12(18)7-10)20-13-6-5-11(8-19-13)14(15,16)17/h2-9H,18H2,1H3,(H,19,20). The second kappa shape index (κ2) is 5.40. The van der Waals surface area contributed by atoms with Crippen LogP contribution >= 0.6 is 0 Å². The number of halogens is 3. The van der Waals surface area contributed by atoms with Crippen LogP contribution in [-0.4, -0.2) is 4.98 Å². The Bertz CT molecular complexity index is 579.